The normalized spacial score (nSPS) is 11.6. The van der Waals surface area contributed by atoms with E-state index in [1.165, 1.54) is 50.4 Å². The standard InChI is InChI=1S/C16H18ClN3O6S2/c1-10(21)18-15-9-12(5-7-16(15)26-2)28(24,25)19-11-4-6-14(13(17)8-11)20-27(3,22)23/h4-9,19-20H,1-3H3,(H,18,21). The lowest BCUT2D eigenvalue weighted by molar-refractivity contribution is -0.114. The number of amides is 1. The molecule has 0 saturated carbocycles. The Balaban J connectivity index is 2.33. The van der Waals surface area contributed by atoms with E-state index in [4.69, 9.17) is 16.3 Å². The van der Waals surface area contributed by atoms with Crippen LogP contribution in [0.3, 0.4) is 0 Å². The summed E-state index contributed by atoms with van der Waals surface area (Å²) >= 11 is 6.01. The number of carbonyl (C=O) groups excluding carboxylic acids is 1. The minimum absolute atomic E-state index is 0.0132. The van der Waals surface area contributed by atoms with Crippen LogP contribution in [0.25, 0.3) is 0 Å². The molecule has 3 N–H and O–H groups in total. The summed E-state index contributed by atoms with van der Waals surface area (Å²) in [5.41, 5.74) is 0.439. The van der Waals surface area contributed by atoms with Gasteiger partial charge >= 0.3 is 0 Å². The molecule has 0 fully saturated rings. The molecule has 0 aliphatic heterocycles. The zero-order valence-electron chi connectivity index (χ0n) is 15.1. The minimum Gasteiger partial charge on any atom is -0.495 e. The average Bonchev–Trinajstić information content (AvgIpc) is 2.55. The summed E-state index contributed by atoms with van der Waals surface area (Å²) in [5, 5.41) is 2.51. The monoisotopic (exact) mass is 447 g/mol. The topological polar surface area (TPSA) is 131 Å². The Morgan fingerprint density at radius 3 is 2.21 bits per heavy atom. The molecule has 12 heteroatoms. The molecule has 0 spiro atoms. The highest BCUT2D eigenvalue weighted by Gasteiger charge is 2.18. The number of ether oxygens (including phenoxy) is 1. The number of nitrogens with one attached hydrogen (secondary N) is 3. The van der Waals surface area contributed by atoms with E-state index in [1.807, 2.05) is 0 Å². The first kappa shape index (κ1) is 21.8. The summed E-state index contributed by atoms with van der Waals surface area (Å²) in [6.45, 7) is 1.28. The lowest BCUT2D eigenvalue weighted by atomic mass is 10.3. The first-order valence-electron chi connectivity index (χ1n) is 7.67. The Labute approximate surface area is 168 Å². The number of carbonyl (C=O) groups is 1. The quantitative estimate of drug-likeness (QED) is 0.597. The van der Waals surface area contributed by atoms with Gasteiger partial charge in [-0.25, -0.2) is 16.8 Å². The fourth-order valence-electron chi connectivity index (χ4n) is 2.22. The summed E-state index contributed by atoms with van der Waals surface area (Å²) in [5.74, 6) is -0.0880. The van der Waals surface area contributed by atoms with Crippen LogP contribution >= 0.6 is 11.6 Å². The molecule has 0 aliphatic carbocycles. The van der Waals surface area contributed by atoms with Crippen molar-refractivity contribution in [2.24, 2.45) is 0 Å². The Hall–Kier alpha value is -2.50. The highest BCUT2D eigenvalue weighted by atomic mass is 35.5. The molecule has 2 aromatic carbocycles. The molecule has 1 amide bonds. The Kier molecular flexibility index (Phi) is 6.42. The second kappa shape index (κ2) is 8.25. The third kappa shape index (κ3) is 5.75. The summed E-state index contributed by atoms with van der Waals surface area (Å²) in [6, 6.07) is 7.93. The summed E-state index contributed by atoms with van der Waals surface area (Å²) in [6.07, 6.45) is 0.969. The van der Waals surface area contributed by atoms with Gasteiger partial charge in [0.1, 0.15) is 5.75 Å². The zero-order chi connectivity index (χ0) is 21.1. The molecule has 2 aromatic rings. The number of halogens is 1. The number of benzene rings is 2. The van der Waals surface area contributed by atoms with Crippen LogP contribution in [0, 0.1) is 0 Å². The molecule has 0 unspecified atom stereocenters. The van der Waals surface area contributed by atoms with E-state index in [-0.39, 0.29) is 32.9 Å². The maximum Gasteiger partial charge on any atom is 0.261 e. The van der Waals surface area contributed by atoms with Crippen LogP contribution in [0.5, 0.6) is 5.75 Å². The van der Waals surface area contributed by atoms with Crippen LogP contribution in [-0.2, 0) is 24.8 Å². The fraction of sp³-hybridized carbons (Fsp3) is 0.188. The van der Waals surface area contributed by atoms with E-state index in [2.05, 4.69) is 14.8 Å². The van der Waals surface area contributed by atoms with Crippen molar-refractivity contribution < 1.29 is 26.4 Å². The molecule has 0 saturated heterocycles. The van der Waals surface area contributed by atoms with Crippen molar-refractivity contribution in [3.05, 3.63) is 41.4 Å². The molecular weight excluding hydrogens is 430 g/mol. The number of hydrogen-bond acceptors (Lipinski definition) is 6. The SMILES string of the molecule is COc1ccc(S(=O)(=O)Nc2ccc(NS(C)(=O)=O)c(Cl)c2)cc1NC(C)=O. The number of anilines is 3. The van der Waals surface area contributed by atoms with Gasteiger partial charge in [0.25, 0.3) is 10.0 Å². The predicted octanol–water partition coefficient (Wildman–Crippen LogP) is 2.48. The van der Waals surface area contributed by atoms with Gasteiger partial charge in [-0.1, -0.05) is 11.6 Å². The molecule has 0 aliphatic rings. The van der Waals surface area contributed by atoms with Crippen LogP contribution in [0.2, 0.25) is 5.02 Å². The van der Waals surface area contributed by atoms with Gasteiger partial charge in [0, 0.05) is 6.92 Å². The number of methoxy groups -OCH3 is 1. The highest BCUT2D eigenvalue weighted by molar-refractivity contribution is 7.92. The molecule has 0 heterocycles. The van der Waals surface area contributed by atoms with E-state index in [0.717, 1.165) is 6.26 Å². The second-order valence-electron chi connectivity index (χ2n) is 5.72. The van der Waals surface area contributed by atoms with E-state index in [1.54, 1.807) is 0 Å². The van der Waals surface area contributed by atoms with Gasteiger partial charge in [0.2, 0.25) is 15.9 Å². The highest BCUT2D eigenvalue weighted by Crippen LogP contribution is 2.30. The van der Waals surface area contributed by atoms with Crippen molar-refractivity contribution in [3.8, 4) is 5.75 Å². The maximum atomic E-state index is 12.6. The van der Waals surface area contributed by atoms with E-state index in [9.17, 15) is 21.6 Å². The molecule has 2 rings (SSSR count). The van der Waals surface area contributed by atoms with Crippen molar-refractivity contribution in [2.45, 2.75) is 11.8 Å². The fourth-order valence-corrected chi connectivity index (χ4v) is 4.15. The van der Waals surface area contributed by atoms with Crippen LogP contribution < -0.4 is 19.5 Å². The molecule has 0 aromatic heterocycles. The number of rotatable bonds is 7. The van der Waals surface area contributed by atoms with Crippen LogP contribution in [0.1, 0.15) is 6.92 Å². The van der Waals surface area contributed by atoms with Crippen LogP contribution in [0.4, 0.5) is 17.1 Å². The largest absolute Gasteiger partial charge is 0.495 e. The van der Waals surface area contributed by atoms with Crippen molar-refractivity contribution >= 4 is 54.6 Å². The molecule has 28 heavy (non-hydrogen) atoms. The molecule has 0 bridgehead atoms. The first-order valence-corrected chi connectivity index (χ1v) is 11.4. The lowest BCUT2D eigenvalue weighted by Crippen LogP contribution is -2.15. The van der Waals surface area contributed by atoms with Gasteiger partial charge in [-0.2, -0.15) is 0 Å². The van der Waals surface area contributed by atoms with Crippen molar-refractivity contribution in [1.82, 2.24) is 0 Å². The van der Waals surface area contributed by atoms with Crippen molar-refractivity contribution in [3.63, 3.8) is 0 Å². The maximum absolute atomic E-state index is 12.6. The van der Waals surface area contributed by atoms with Gasteiger partial charge in [0.05, 0.1) is 40.3 Å². The van der Waals surface area contributed by atoms with Crippen molar-refractivity contribution in [1.29, 1.82) is 0 Å². The van der Waals surface area contributed by atoms with Gasteiger partial charge in [0.15, 0.2) is 0 Å². The van der Waals surface area contributed by atoms with Gasteiger partial charge in [-0.15, -0.1) is 0 Å². The second-order valence-corrected chi connectivity index (χ2v) is 9.56. The van der Waals surface area contributed by atoms with Crippen LogP contribution in [0.15, 0.2) is 41.3 Å². The number of hydrogen-bond donors (Lipinski definition) is 3. The van der Waals surface area contributed by atoms with Gasteiger partial charge in [-0.3, -0.25) is 14.2 Å². The molecule has 0 radical (unpaired) electrons. The number of sulfonamides is 2. The van der Waals surface area contributed by atoms with E-state index in [0.29, 0.717) is 5.75 Å². The Morgan fingerprint density at radius 2 is 1.68 bits per heavy atom. The average molecular weight is 448 g/mol. The van der Waals surface area contributed by atoms with Crippen molar-refractivity contribution in [2.75, 3.05) is 28.1 Å². The zero-order valence-corrected chi connectivity index (χ0v) is 17.5. The summed E-state index contributed by atoms with van der Waals surface area (Å²) < 4.78 is 57.5. The lowest BCUT2D eigenvalue weighted by Gasteiger charge is -2.13. The molecule has 152 valence electrons. The smallest absolute Gasteiger partial charge is 0.261 e. The van der Waals surface area contributed by atoms with E-state index >= 15 is 0 Å². The molecule has 9 nitrogen and oxygen atoms in total. The minimum atomic E-state index is -4.02. The Bertz CT molecular complexity index is 1120. The van der Waals surface area contributed by atoms with Crippen LogP contribution in [-0.4, -0.2) is 36.1 Å². The first-order chi connectivity index (χ1) is 12.9. The van der Waals surface area contributed by atoms with Gasteiger partial charge < -0.3 is 10.1 Å². The molecular formula is C16H18ClN3O6S2. The third-order valence-electron chi connectivity index (χ3n) is 3.31. The predicted molar refractivity (Wildman–Crippen MR) is 108 cm³/mol. The van der Waals surface area contributed by atoms with E-state index < -0.39 is 20.0 Å². The van der Waals surface area contributed by atoms with Gasteiger partial charge in [-0.05, 0) is 36.4 Å². The third-order valence-corrected chi connectivity index (χ3v) is 5.59. The summed E-state index contributed by atoms with van der Waals surface area (Å²) in [4.78, 5) is 11.2. The summed E-state index contributed by atoms with van der Waals surface area (Å²) in [7, 11) is -6.16. The Morgan fingerprint density at radius 1 is 1.00 bits per heavy atom. The molecule has 0 atom stereocenters.